The Morgan fingerprint density at radius 2 is 1.90 bits per heavy atom. The number of amides is 1. The van der Waals surface area contributed by atoms with Gasteiger partial charge in [-0.2, -0.15) is 10.4 Å². The molecule has 7 nitrogen and oxygen atoms in total. The molecule has 0 unspecified atom stereocenters. The van der Waals surface area contributed by atoms with Gasteiger partial charge >= 0.3 is 0 Å². The van der Waals surface area contributed by atoms with Crippen molar-refractivity contribution in [3.63, 3.8) is 0 Å². The molecule has 0 aliphatic rings. The van der Waals surface area contributed by atoms with Gasteiger partial charge in [0, 0.05) is 30.9 Å². The van der Waals surface area contributed by atoms with Crippen molar-refractivity contribution in [1.29, 1.82) is 5.26 Å². The van der Waals surface area contributed by atoms with Crippen molar-refractivity contribution >= 4 is 5.91 Å². The molecule has 2 aromatic carbocycles. The fourth-order valence-electron chi connectivity index (χ4n) is 3.16. The van der Waals surface area contributed by atoms with E-state index < -0.39 is 0 Å². The van der Waals surface area contributed by atoms with Crippen molar-refractivity contribution in [2.24, 2.45) is 0 Å². The Morgan fingerprint density at radius 3 is 2.57 bits per heavy atom. The number of para-hydroxylation sites is 1. The van der Waals surface area contributed by atoms with E-state index in [-0.39, 0.29) is 12.5 Å². The van der Waals surface area contributed by atoms with Crippen LogP contribution in [0.25, 0.3) is 5.69 Å². The predicted molar refractivity (Wildman–Crippen MR) is 113 cm³/mol. The molecule has 1 amide bonds. The minimum Gasteiger partial charge on any atom is -0.493 e. The van der Waals surface area contributed by atoms with E-state index >= 15 is 0 Å². The largest absolute Gasteiger partial charge is 0.493 e. The normalized spacial score (nSPS) is 10.4. The Labute approximate surface area is 176 Å². The molecule has 0 aliphatic carbocycles. The minimum atomic E-state index is -0.173. The van der Waals surface area contributed by atoms with Gasteiger partial charge in [-0.15, -0.1) is 0 Å². The molecule has 7 heteroatoms. The lowest BCUT2D eigenvalue weighted by atomic mass is 10.2. The maximum absolute atomic E-state index is 12.6. The van der Waals surface area contributed by atoms with Crippen LogP contribution in [-0.2, 0) is 11.3 Å². The average molecular weight is 404 g/mol. The monoisotopic (exact) mass is 404 g/mol. The van der Waals surface area contributed by atoms with Crippen LogP contribution in [0.5, 0.6) is 11.5 Å². The van der Waals surface area contributed by atoms with Gasteiger partial charge in [-0.3, -0.25) is 4.79 Å². The fourth-order valence-corrected chi connectivity index (χ4v) is 3.16. The standard InChI is InChI=1S/C23H24N4O3/c1-16-20(17(2)27(25-16)19-8-6-5-7-9-19)14-26(3)23(28)15-30-21-11-10-18(13-24)12-22(21)29-4/h5-12H,14-15H2,1-4H3. The number of hydrogen-bond donors (Lipinski definition) is 0. The summed E-state index contributed by atoms with van der Waals surface area (Å²) in [5.74, 6) is 0.663. The molecule has 0 N–H and O–H groups in total. The summed E-state index contributed by atoms with van der Waals surface area (Å²) in [6.45, 7) is 4.23. The lowest BCUT2D eigenvalue weighted by molar-refractivity contribution is -0.132. The number of nitriles is 1. The smallest absolute Gasteiger partial charge is 0.260 e. The van der Waals surface area contributed by atoms with Crippen molar-refractivity contribution in [3.8, 4) is 23.3 Å². The highest BCUT2D eigenvalue weighted by molar-refractivity contribution is 5.77. The summed E-state index contributed by atoms with van der Waals surface area (Å²) in [7, 11) is 3.23. The number of nitrogens with zero attached hydrogens (tertiary/aromatic N) is 4. The topological polar surface area (TPSA) is 80.4 Å². The van der Waals surface area contributed by atoms with Crippen LogP contribution in [0.1, 0.15) is 22.5 Å². The van der Waals surface area contributed by atoms with Gasteiger partial charge in [0.25, 0.3) is 5.91 Å². The highest BCUT2D eigenvalue weighted by atomic mass is 16.5. The number of carbonyl (C=O) groups is 1. The summed E-state index contributed by atoms with van der Waals surface area (Å²) in [6, 6.07) is 16.8. The molecular formula is C23H24N4O3. The second-order valence-electron chi connectivity index (χ2n) is 6.91. The molecule has 0 atom stereocenters. The zero-order valence-electron chi connectivity index (χ0n) is 17.5. The van der Waals surface area contributed by atoms with Gasteiger partial charge in [-0.05, 0) is 38.1 Å². The Balaban J connectivity index is 1.68. The third-order valence-electron chi connectivity index (χ3n) is 4.91. The van der Waals surface area contributed by atoms with Crippen LogP contribution < -0.4 is 9.47 Å². The van der Waals surface area contributed by atoms with Crippen molar-refractivity contribution in [1.82, 2.24) is 14.7 Å². The third-order valence-corrected chi connectivity index (χ3v) is 4.91. The van der Waals surface area contributed by atoms with E-state index in [9.17, 15) is 4.79 Å². The zero-order chi connectivity index (χ0) is 21.7. The number of methoxy groups -OCH3 is 1. The van der Waals surface area contributed by atoms with Crippen LogP contribution in [0.3, 0.4) is 0 Å². The summed E-state index contributed by atoms with van der Waals surface area (Å²) in [5, 5.41) is 13.6. The van der Waals surface area contributed by atoms with Gasteiger partial charge in [0.2, 0.25) is 0 Å². The molecule has 0 saturated heterocycles. The summed E-state index contributed by atoms with van der Waals surface area (Å²) < 4.78 is 12.8. The average Bonchev–Trinajstić information content (AvgIpc) is 3.06. The van der Waals surface area contributed by atoms with Crippen LogP contribution in [0.4, 0.5) is 0 Å². The molecule has 154 valence electrons. The molecule has 0 bridgehead atoms. The Morgan fingerprint density at radius 1 is 1.17 bits per heavy atom. The molecule has 1 aromatic heterocycles. The van der Waals surface area contributed by atoms with E-state index in [0.29, 0.717) is 23.6 Å². The Hall–Kier alpha value is -3.79. The fraction of sp³-hybridized carbons (Fsp3) is 0.261. The summed E-state index contributed by atoms with van der Waals surface area (Å²) >= 11 is 0. The number of benzene rings is 2. The van der Waals surface area contributed by atoms with E-state index in [1.807, 2.05) is 54.9 Å². The predicted octanol–water partition coefficient (Wildman–Crippen LogP) is 3.41. The summed E-state index contributed by atoms with van der Waals surface area (Å²) in [5.41, 5.74) is 4.32. The number of aromatic nitrogens is 2. The molecule has 3 rings (SSSR count). The van der Waals surface area contributed by atoms with Crippen molar-refractivity contribution in [2.75, 3.05) is 20.8 Å². The third kappa shape index (κ3) is 4.44. The molecule has 30 heavy (non-hydrogen) atoms. The zero-order valence-corrected chi connectivity index (χ0v) is 17.5. The lowest BCUT2D eigenvalue weighted by Crippen LogP contribution is -2.31. The number of aryl methyl sites for hydroxylation is 1. The van der Waals surface area contributed by atoms with E-state index in [1.54, 1.807) is 30.1 Å². The highest BCUT2D eigenvalue weighted by Gasteiger charge is 2.18. The van der Waals surface area contributed by atoms with Gasteiger partial charge in [0.1, 0.15) is 0 Å². The molecule has 3 aromatic rings. The van der Waals surface area contributed by atoms with Crippen molar-refractivity contribution < 1.29 is 14.3 Å². The number of carbonyl (C=O) groups excluding carboxylic acids is 1. The number of rotatable bonds is 7. The first kappa shape index (κ1) is 20.9. The van der Waals surface area contributed by atoms with E-state index in [4.69, 9.17) is 14.7 Å². The van der Waals surface area contributed by atoms with E-state index in [2.05, 4.69) is 5.10 Å². The maximum Gasteiger partial charge on any atom is 0.260 e. The molecule has 0 spiro atoms. The molecule has 0 fully saturated rings. The van der Waals surface area contributed by atoms with Gasteiger partial charge in [-0.25, -0.2) is 4.68 Å². The van der Waals surface area contributed by atoms with E-state index in [0.717, 1.165) is 22.6 Å². The van der Waals surface area contributed by atoms with Crippen LogP contribution in [0.2, 0.25) is 0 Å². The molecule has 0 saturated carbocycles. The second-order valence-corrected chi connectivity index (χ2v) is 6.91. The van der Waals surface area contributed by atoms with Crippen molar-refractivity contribution in [2.45, 2.75) is 20.4 Å². The van der Waals surface area contributed by atoms with Gasteiger partial charge in [-0.1, -0.05) is 18.2 Å². The van der Waals surface area contributed by atoms with E-state index in [1.165, 1.54) is 7.11 Å². The molecular weight excluding hydrogens is 380 g/mol. The first-order valence-electron chi connectivity index (χ1n) is 9.50. The van der Waals surface area contributed by atoms with Crippen LogP contribution in [0, 0.1) is 25.2 Å². The van der Waals surface area contributed by atoms with Gasteiger partial charge in [0.05, 0.1) is 30.1 Å². The van der Waals surface area contributed by atoms with Crippen LogP contribution in [0.15, 0.2) is 48.5 Å². The Bertz CT molecular complexity index is 1080. The van der Waals surface area contributed by atoms with Crippen LogP contribution in [-0.4, -0.2) is 41.4 Å². The van der Waals surface area contributed by atoms with Crippen LogP contribution >= 0.6 is 0 Å². The number of ether oxygens (including phenoxy) is 2. The molecule has 0 radical (unpaired) electrons. The first-order valence-corrected chi connectivity index (χ1v) is 9.50. The molecule has 1 heterocycles. The highest BCUT2D eigenvalue weighted by Crippen LogP contribution is 2.28. The summed E-state index contributed by atoms with van der Waals surface area (Å²) in [6.07, 6.45) is 0. The number of hydrogen-bond acceptors (Lipinski definition) is 5. The maximum atomic E-state index is 12.6. The summed E-state index contributed by atoms with van der Waals surface area (Å²) in [4.78, 5) is 14.2. The second kappa shape index (κ2) is 9.14. The minimum absolute atomic E-state index is 0.135. The van der Waals surface area contributed by atoms with Gasteiger partial charge in [0.15, 0.2) is 18.1 Å². The number of likely N-dealkylation sites (N-methyl/N-ethyl adjacent to an activating group) is 1. The first-order chi connectivity index (χ1) is 14.4. The van der Waals surface area contributed by atoms with Gasteiger partial charge < -0.3 is 14.4 Å². The molecule has 0 aliphatic heterocycles. The Kier molecular flexibility index (Phi) is 6.38. The SMILES string of the molecule is COc1cc(C#N)ccc1OCC(=O)N(C)Cc1c(C)nn(-c2ccccc2)c1C. The van der Waals surface area contributed by atoms with Crippen molar-refractivity contribution in [3.05, 3.63) is 71.0 Å². The lowest BCUT2D eigenvalue weighted by Gasteiger charge is -2.18. The quantitative estimate of drug-likeness (QED) is 0.603.